The first kappa shape index (κ1) is 21.6. The fraction of sp³-hybridized carbons (Fsp3) is 0.273. The summed E-state index contributed by atoms with van der Waals surface area (Å²) in [7, 11) is 0. The Hall–Kier alpha value is -3.10. The molecule has 8 heteroatoms. The van der Waals surface area contributed by atoms with Crippen molar-refractivity contribution in [1.82, 2.24) is 30.6 Å². The third kappa shape index (κ3) is 5.71. The molecule has 1 amide bonds. The SMILES string of the molecule is C=Cc1nc(CNCCc2nc(C(=O)NCc3ccncc3C)cs2)[nH]c1/C=C\C. The lowest BCUT2D eigenvalue weighted by atomic mass is 10.1. The number of carbonyl (C=O) groups excluding carboxylic acids is 1. The van der Waals surface area contributed by atoms with Crippen LogP contribution in [-0.4, -0.2) is 32.4 Å². The number of aryl methyl sites for hydroxylation is 1. The lowest BCUT2D eigenvalue weighted by Gasteiger charge is -2.06. The number of nitrogens with zero attached hydrogens (tertiary/aromatic N) is 3. The predicted octanol–water partition coefficient (Wildman–Crippen LogP) is 3.51. The Morgan fingerprint density at radius 1 is 1.33 bits per heavy atom. The summed E-state index contributed by atoms with van der Waals surface area (Å²) in [6.07, 6.45) is 9.95. The zero-order chi connectivity index (χ0) is 21.3. The number of hydrogen-bond donors (Lipinski definition) is 3. The molecule has 0 fully saturated rings. The van der Waals surface area contributed by atoms with Crippen molar-refractivity contribution in [3.63, 3.8) is 0 Å². The molecule has 0 aliphatic rings. The van der Waals surface area contributed by atoms with E-state index >= 15 is 0 Å². The van der Waals surface area contributed by atoms with Gasteiger partial charge in [0.05, 0.1) is 22.9 Å². The minimum absolute atomic E-state index is 0.161. The maximum atomic E-state index is 12.3. The molecule has 0 saturated heterocycles. The fourth-order valence-electron chi connectivity index (χ4n) is 2.88. The van der Waals surface area contributed by atoms with Crippen LogP contribution in [0.25, 0.3) is 12.2 Å². The number of allylic oxidation sites excluding steroid dienone is 1. The topological polar surface area (TPSA) is 95.6 Å². The van der Waals surface area contributed by atoms with E-state index in [0.29, 0.717) is 18.8 Å². The molecule has 0 unspecified atom stereocenters. The first-order chi connectivity index (χ1) is 14.6. The largest absolute Gasteiger partial charge is 0.347 e. The van der Waals surface area contributed by atoms with Crippen LogP contribution in [0.15, 0.2) is 36.5 Å². The molecule has 0 bridgehead atoms. The Labute approximate surface area is 180 Å². The van der Waals surface area contributed by atoms with Gasteiger partial charge in [-0.25, -0.2) is 9.97 Å². The number of H-pyrrole nitrogens is 1. The van der Waals surface area contributed by atoms with E-state index < -0.39 is 0 Å². The van der Waals surface area contributed by atoms with E-state index in [4.69, 9.17) is 0 Å². The minimum atomic E-state index is -0.161. The lowest BCUT2D eigenvalue weighted by Crippen LogP contribution is -2.23. The fourth-order valence-corrected chi connectivity index (χ4v) is 3.66. The van der Waals surface area contributed by atoms with Crippen LogP contribution in [-0.2, 0) is 19.5 Å². The zero-order valence-electron chi connectivity index (χ0n) is 17.2. The molecule has 0 radical (unpaired) electrons. The second-order valence-electron chi connectivity index (χ2n) is 6.72. The van der Waals surface area contributed by atoms with Gasteiger partial charge in [-0.2, -0.15) is 0 Å². The molecule has 0 aromatic carbocycles. The molecule has 0 aliphatic heterocycles. The number of rotatable bonds is 10. The highest BCUT2D eigenvalue weighted by molar-refractivity contribution is 7.09. The number of pyridine rings is 1. The van der Waals surface area contributed by atoms with Gasteiger partial charge in [0.15, 0.2) is 0 Å². The molecule has 0 spiro atoms. The van der Waals surface area contributed by atoms with Crippen molar-refractivity contribution in [1.29, 1.82) is 0 Å². The molecule has 3 aromatic heterocycles. The number of thiazole rings is 1. The van der Waals surface area contributed by atoms with Gasteiger partial charge in [0.1, 0.15) is 11.5 Å². The summed E-state index contributed by atoms with van der Waals surface area (Å²) in [5, 5.41) is 9.00. The number of hydrogen-bond acceptors (Lipinski definition) is 6. The van der Waals surface area contributed by atoms with Gasteiger partial charge in [0.2, 0.25) is 0 Å². The van der Waals surface area contributed by atoms with Crippen LogP contribution < -0.4 is 10.6 Å². The lowest BCUT2D eigenvalue weighted by molar-refractivity contribution is 0.0946. The summed E-state index contributed by atoms with van der Waals surface area (Å²) < 4.78 is 0. The van der Waals surface area contributed by atoms with Gasteiger partial charge in [0, 0.05) is 37.3 Å². The summed E-state index contributed by atoms with van der Waals surface area (Å²) in [6.45, 7) is 9.57. The number of nitrogens with one attached hydrogen (secondary N) is 3. The smallest absolute Gasteiger partial charge is 0.271 e. The van der Waals surface area contributed by atoms with E-state index in [0.717, 1.165) is 46.3 Å². The van der Waals surface area contributed by atoms with Crippen LogP contribution in [0.4, 0.5) is 0 Å². The molecular weight excluding hydrogens is 396 g/mol. The number of aromatic nitrogens is 4. The molecular formula is C22H26N6OS. The monoisotopic (exact) mass is 422 g/mol. The van der Waals surface area contributed by atoms with E-state index in [1.54, 1.807) is 23.8 Å². The van der Waals surface area contributed by atoms with Gasteiger partial charge in [-0.1, -0.05) is 12.7 Å². The second kappa shape index (κ2) is 10.6. The van der Waals surface area contributed by atoms with Crippen molar-refractivity contribution in [2.45, 2.75) is 33.4 Å². The van der Waals surface area contributed by atoms with Gasteiger partial charge >= 0.3 is 0 Å². The van der Waals surface area contributed by atoms with E-state index in [2.05, 4.69) is 37.1 Å². The van der Waals surface area contributed by atoms with Crippen LogP contribution >= 0.6 is 11.3 Å². The van der Waals surface area contributed by atoms with Crippen LogP contribution in [0.1, 0.15) is 50.8 Å². The molecule has 7 nitrogen and oxygen atoms in total. The van der Waals surface area contributed by atoms with Crippen molar-refractivity contribution in [2.24, 2.45) is 0 Å². The Kier molecular flexibility index (Phi) is 7.64. The number of imidazole rings is 1. The Bertz CT molecular complexity index is 1040. The van der Waals surface area contributed by atoms with Crippen molar-refractivity contribution in [2.75, 3.05) is 6.54 Å². The Morgan fingerprint density at radius 3 is 2.97 bits per heavy atom. The number of amides is 1. The summed E-state index contributed by atoms with van der Waals surface area (Å²) in [4.78, 5) is 28.7. The normalized spacial score (nSPS) is 11.1. The van der Waals surface area contributed by atoms with Gasteiger partial charge in [-0.3, -0.25) is 9.78 Å². The first-order valence-electron chi connectivity index (χ1n) is 9.77. The molecule has 156 valence electrons. The quantitative estimate of drug-likeness (QED) is 0.435. The van der Waals surface area contributed by atoms with Crippen LogP contribution in [0.2, 0.25) is 0 Å². The van der Waals surface area contributed by atoms with Crippen LogP contribution in [0.3, 0.4) is 0 Å². The maximum absolute atomic E-state index is 12.3. The van der Waals surface area contributed by atoms with Gasteiger partial charge in [-0.05, 0) is 43.2 Å². The zero-order valence-corrected chi connectivity index (χ0v) is 18.1. The molecule has 3 heterocycles. The first-order valence-corrected chi connectivity index (χ1v) is 10.7. The highest BCUT2D eigenvalue weighted by Gasteiger charge is 2.11. The Balaban J connectivity index is 1.45. The number of carbonyl (C=O) groups is 1. The molecule has 0 aliphatic carbocycles. The maximum Gasteiger partial charge on any atom is 0.271 e. The highest BCUT2D eigenvalue weighted by atomic mass is 32.1. The summed E-state index contributed by atoms with van der Waals surface area (Å²) in [5.41, 5.74) is 4.37. The molecule has 30 heavy (non-hydrogen) atoms. The van der Waals surface area contributed by atoms with Gasteiger partial charge in [0.25, 0.3) is 5.91 Å². The number of aromatic amines is 1. The van der Waals surface area contributed by atoms with Crippen molar-refractivity contribution >= 4 is 29.4 Å². The van der Waals surface area contributed by atoms with Crippen LogP contribution in [0, 0.1) is 6.92 Å². The summed E-state index contributed by atoms with van der Waals surface area (Å²) in [5.74, 6) is 0.703. The van der Waals surface area contributed by atoms with Crippen LogP contribution in [0.5, 0.6) is 0 Å². The standard InChI is InChI=1S/C22H26N6OS/c1-4-6-18-17(5-2)26-20(27-18)13-24-10-8-21-28-19(14-30-21)22(29)25-12-16-7-9-23-11-15(16)3/h4-7,9,11,14,24H,2,8,10,12-13H2,1,3H3,(H,25,29)(H,26,27)/b6-4-. The second-order valence-corrected chi connectivity index (χ2v) is 7.67. The van der Waals surface area contributed by atoms with Crippen molar-refractivity contribution in [3.05, 3.63) is 75.5 Å². The molecule has 0 saturated carbocycles. The summed E-state index contributed by atoms with van der Waals surface area (Å²) >= 11 is 1.50. The van der Waals surface area contributed by atoms with Crippen molar-refractivity contribution in [3.8, 4) is 0 Å². The third-order valence-electron chi connectivity index (χ3n) is 4.51. The van der Waals surface area contributed by atoms with E-state index in [-0.39, 0.29) is 5.91 Å². The molecule has 3 rings (SSSR count). The molecule has 3 N–H and O–H groups in total. The highest BCUT2D eigenvalue weighted by Crippen LogP contribution is 2.12. The predicted molar refractivity (Wildman–Crippen MR) is 121 cm³/mol. The molecule has 3 aromatic rings. The average molecular weight is 423 g/mol. The van der Waals surface area contributed by atoms with Gasteiger partial charge in [-0.15, -0.1) is 11.3 Å². The average Bonchev–Trinajstić information content (AvgIpc) is 3.37. The summed E-state index contributed by atoms with van der Waals surface area (Å²) in [6, 6.07) is 1.91. The van der Waals surface area contributed by atoms with Crippen molar-refractivity contribution < 1.29 is 4.79 Å². The van der Waals surface area contributed by atoms with E-state index in [1.807, 2.05) is 32.1 Å². The van der Waals surface area contributed by atoms with E-state index in [9.17, 15) is 4.79 Å². The third-order valence-corrected chi connectivity index (χ3v) is 5.41. The van der Waals surface area contributed by atoms with E-state index in [1.165, 1.54) is 11.3 Å². The van der Waals surface area contributed by atoms with Gasteiger partial charge < -0.3 is 15.6 Å². The Morgan fingerprint density at radius 2 is 2.20 bits per heavy atom. The minimum Gasteiger partial charge on any atom is -0.347 e. The molecule has 0 atom stereocenters.